The molecule has 0 amide bonds. The number of unbranched alkanes of at least 4 members (excludes halogenated alkanes) is 6. The van der Waals surface area contributed by atoms with Crippen LogP contribution in [0.25, 0.3) is 0 Å². The Hall–Kier alpha value is -0.820. The second kappa shape index (κ2) is 10.0. The Morgan fingerprint density at radius 2 is 1.77 bits per heavy atom. The molecule has 0 saturated heterocycles. The van der Waals surface area contributed by atoms with Gasteiger partial charge in [-0.3, -0.25) is 0 Å². The minimum absolute atomic E-state index is 0.781. The third-order valence-corrected chi connectivity index (χ3v) is 5.27. The standard InChI is InChI=1S/C21H35N/c1-3-5-6-7-8-9-10-12-18(4-2)20-14-11-13-19-17-22-16-15-21(19)20/h11,13-14,18,22H,3-10,12,15-17H2,1-2H3. The van der Waals surface area contributed by atoms with Crippen molar-refractivity contribution in [2.45, 2.75) is 90.5 Å². The van der Waals surface area contributed by atoms with Crippen molar-refractivity contribution in [3.63, 3.8) is 0 Å². The molecule has 1 atom stereocenters. The number of benzene rings is 1. The molecular weight excluding hydrogens is 266 g/mol. The number of nitrogens with one attached hydrogen (secondary N) is 1. The lowest BCUT2D eigenvalue weighted by Gasteiger charge is -2.25. The Labute approximate surface area is 137 Å². The fraction of sp³-hybridized carbons (Fsp3) is 0.714. The summed E-state index contributed by atoms with van der Waals surface area (Å²) in [4.78, 5) is 0. The van der Waals surface area contributed by atoms with Crippen LogP contribution in [0.15, 0.2) is 18.2 Å². The van der Waals surface area contributed by atoms with Gasteiger partial charge in [-0.1, -0.05) is 77.0 Å². The Bertz CT molecular complexity index is 424. The Balaban J connectivity index is 1.82. The van der Waals surface area contributed by atoms with Crippen LogP contribution in [-0.2, 0) is 13.0 Å². The molecule has 1 aliphatic rings. The van der Waals surface area contributed by atoms with Crippen molar-refractivity contribution in [1.29, 1.82) is 0 Å². The Morgan fingerprint density at radius 1 is 1.00 bits per heavy atom. The maximum absolute atomic E-state index is 3.50. The molecule has 0 radical (unpaired) electrons. The van der Waals surface area contributed by atoms with E-state index < -0.39 is 0 Å². The first-order valence-electron chi connectivity index (χ1n) is 9.68. The van der Waals surface area contributed by atoms with Gasteiger partial charge < -0.3 is 5.32 Å². The summed E-state index contributed by atoms with van der Waals surface area (Å²) in [6.07, 6.45) is 13.8. The van der Waals surface area contributed by atoms with Crippen molar-refractivity contribution in [2.75, 3.05) is 6.54 Å². The average molecular weight is 302 g/mol. The summed E-state index contributed by atoms with van der Waals surface area (Å²) in [7, 11) is 0. The first-order valence-corrected chi connectivity index (χ1v) is 9.68. The lowest BCUT2D eigenvalue weighted by Crippen LogP contribution is -2.25. The third kappa shape index (κ3) is 5.12. The summed E-state index contributed by atoms with van der Waals surface area (Å²) < 4.78 is 0. The van der Waals surface area contributed by atoms with Crippen molar-refractivity contribution in [3.05, 3.63) is 34.9 Å². The molecule has 1 nitrogen and oxygen atoms in total. The predicted octanol–water partition coefficient (Wildman–Crippen LogP) is 5.97. The van der Waals surface area contributed by atoms with E-state index in [4.69, 9.17) is 0 Å². The lowest BCUT2D eigenvalue weighted by atomic mass is 9.84. The van der Waals surface area contributed by atoms with Crippen molar-refractivity contribution >= 4 is 0 Å². The molecule has 1 aromatic carbocycles. The molecule has 0 fully saturated rings. The van der Waals surface area contributed by atoms with Gasteiger partial charge in [0.15, 0.2) is 0 Å². The van der Waals surface area contributed by atoms with E-state index in [1.807, 2.05) is 0 Å². The van der Waals surface area contributed by atoms with E-state index in [0.717, 1.165) is 19.0 Å². The van der Waals surface area contributed by atoms with Gasteiger partial charge in [-0.25, -0.2) is 0 Å². The van der Waals surface area contributed by atoms with E-state index in [1.54, 1.807) is 16.7 Å². The molecule has 22 heavy (non-hydrogen) atoms. The zero-order chi connectivity index (χ0) is 15.6. The first-order chi connectivity index (χ1) is 10.9. The molecule has 1 aromatic rings. The molecule has 1 aliphatic heterocycles. The number of hydrogen-bond acceptors (Lipinski definition) is 1. The molecule has 124 valence electrons. The first kappa shape index (κ1) is 17.5. The van der Waals surface area contributed by atoms with Crippen LogP contribution in [0.2, 0.25) is 0 Å². The lowest BCUT2D eigenvalue weighted by molar-refractivity contribution is 0.519. The van der Waals surface area contributed by atoms with Gasteiger partial charge >= 0.3 is 0 Å². The van der Waals surface area contributed by atoms with Crippen LogP contribution in [-0.4, -0.2) is 6.54 Å². The fourth-order valence-corrected chi connectivity index (χ4v) is 3.87. The van der Waals surface area contributed by atoms with E-state index >= 15 is 0 Å². The van der Waals surface area contributed by atoms with Gasteiger partial charge in [0.2, 0.25) is 0 Å². The highest BCUT2D eigenvalue weighted by atomic mass is 14.9. The molecule has 2 rings (SSSR count). The smallest absolute Gasteiger partial charge is 0.0208 e. The molecule has 0 spiro atoms. The largest absolute Gasteiger partial charge is 0.312 e. The summed E-state index contributed by atoms with van der Waals surface area (Å²) in [6, 6.07) is 6.99. The van der Waals surface area contributed by atoms with Crippen LogP contribution >= 0.6 is 0 Å². The summed E-state index contributed by atoms with van der Waals surface area (Å²) in [5.41, 5.74) is 4.87. The molecule has 1 N–H and O–H groups in total. The van der Waals surface area contributed by atoms with Crippen LogP contribution in [0.1, 0.15) is 94.2 Å². The number of fused-ring (bicyclic) bond motifs is 1. The van der Waals surface area contributed by atoms with Gasteiger partial charge in [0, 0.05) is 6.54 Å². The summed E-state index contributed by atoms with van der Waals surface area (Å²) in [6.45, 7) is 6.88. The highest BCUT2D eigenvalue weighted by molar-refractivity contribution is 5.39. The molecule has 1 heterocycles. The minimum atomic E-state index is 0.781. The van der Waals surface area contributed by atoms with Crippen LogP contribution in [0.3, 0.4) is 0 Å². The van der Waals surface area contributed by atoms with Gasteiger partial charge in [0.25, 0.3) is 0 Å². The monoisotopic (exact) mass is 301 g/mol. The summed E-state index contributed by atoms with van der Waals surface area (Å²) in [5.74, 6) is 0.781. The van der Waals surface area contributed by atoms with Gasteiger partial charge in [-0.2, -0.15) is 0 Å². The van der Waals surface area contributed by atoms with Crippen molar-refractivity contribution < 1.29 is 0 Å². The third-order valence-electron chi connectivity index (χ3n) is 5.27. The molecule has 0 aliphatic carbocycles. The maximum Gasteiger partial charge on any atom is 0.0208 e. The number of rotatable bonds is 10. The minimum Gasteiger partial charge on any atom is -0.312 e. The van der Waals surface area contributed by atoms with Crippen LogP contribution in [0.5, 0.6) is 0 Å². The molecular formula is C21H35N. The van der Waals surface area contributed by atoms with Crippen molar-refractivity contribution in [1.82, 2.24) is 5.32 Å². The topological polar surface area (TPSA) is 12.0 Å². The second-order valence-corrected chi connectivity index (χ2v) is 6.93. The highest BCUT2D eigenvalue weighted by Gasteiger charge is 2.17. The second-order valence-electron chi connectivity index (χ2n) is 6.93. The average Bonchev–Trinajstić information content (AvgIpc) is 2.57. The van der Waals surface area contributed by atoms with Crippen LogP contribution in [0, 0.1) is 0 Å². The molecule has 1 heteroatoms. The van der Waals surface area contributed by atoms with Gasteiger partial charge in [-0.05, 0) is 48.4 Å². The molecule has 1 unspecified atom stereocenters. The van der Waals surface area contributed by atoms with Gasteiger partial charge in [0.05, 0.1) is 0 Å². The van der Waals surface area contributed by atoms with Crippen LogP contribution < -0.4 is 5.32 Å². The SMILES string of the molecule is CCCCCCCCCC(CC)c1cccc2c1CCNC2. The fourth-order valence-electron chi connectivity index (χ4n) is 3.87. The van der Waals surface area contributed by atoms with E-state index in [2.05, 4.69) is 37.4 Å². The van der Waals surface area contributed by atoms with Gasteiger partial charge in [-0.15, -0.1) is 0 Å². The Morgan fingerprint density at radius 3 is 2.55 bits per heavy atom. The molecule has 0 bridgehead atoms. The highest BCUT2D eigenvalue weighted by Crippen LogP contribution is 2.31. The van der Waals surface area contributed by atoms with E-state index in [0.29, 0.717) is 0 Å². The molecule has 0 saturated carbocycles. The normalized spacial score (nSPS) is 15.5. The predicted molar refractivity (Wildman–Crippen MR) is 97.5 cm³/mol. The molecule has 0 aromatic heterocycles. The summed E-state index contributed by atoms with van der Waals surface area (Å²) >= 11 is 0. The van der Waals surface area contributed by atoms with E-state index in [-0.39, 0.29) is 0 Å². The van der Waals surface area contributed by atoms with Gasteiger partial charge in [0.1, 0.15) is 0 Å². The maximum atomic E-state index is 3.50. The quantitative estimate of drug-likeness (QED) is 0.525. The van der Waals surface area contributed by atoms with Crippen molar-refractivity contribution in [3.8, 4) is 0 Å². The van der Waals surface area contributed by atoms with Crippen molar-refractivity contribution in [2.24, 2.45) is 0 Å². The van der Waals surface area contributed by atoms with Crippen LogP contribution in [0.4, 0.5) is 0 Å². The zero-order valence-corrected chi connectivity index (χ0v) is 14.8. The Kier molecular flexibility index (Phi) is 8.01. The summed E-state index contributed by atoms with van der Waals surface area (Å²) in [5, 5.41) is 3.50. The van der Waals surface area contributed by atoms with E-state index in [9.17, 15) is 0 Å². The number of hydrogen-bond donors (Lipinski definition) is 1. The zero-order valence-electron chi connectivity index (χ0n) is 14.8. The van der Waals surface area contributed by atoms with E-state index in [1.165, 1.54) is 64.2 Å².